The van der Waals surface area contributed by atoms with Crippen LogP contribution in [0, 0.1) is 6.92 Å². The van der Waals surface area contributed by atoms with Gasteiger partial charge in [0.15, 0.2) is 0 Å². The summed E-state index contributed by atoms with van der Waals surface area (Å²) < 4.78 is 5.36. The van der Waals surface area contributed by atoms with Crippen LogP contribution >= 0.6 is 0 Å². The maximum Gasteiger partial charge on any atom is 0.319 e. The summed E-state index contributed by atoms with van der Waals surface area (Å²) in [7, 11) is 1.59. The molecule has 0 aliphatic heterocycles. The van der Waals surface area contributed by atoms with Gasteiger partial charge in [0.25, 0.3) is 0 Å². The van der Waals surface area contributed by atoms with Gasteiger partial charge in [0, 0.05) is 29.6 Å². The quantitative estimate of drug-likeness (QED) is 0.404. The molecule has 30 heavy (non-hydrogen) atoms. The second-order valence-corrected chi connectivity index (χ2v) is 7.29. The zero-order chi connectivity index (χ0) is 20.9. The number of hydrogen-bond donors (Lipinski definition) is 3. The smallest absolute Gasteiger partial charge is 0.319 e. The molecule has 1 atom stereocenters. The molecule has 2 amide bonds. The first kappa shape index (κ1) is 19.6. The highest BCUT2D eigenvalue weighted by molar-refractivity contribution is 5.91. The lowest BCUT2D eigenvalue weighted by molar-refractivity contribution is 0.251. The zero-order valence-electron chi connectivity index (χ0n) is 17.1. The van der Waals surface area contributed by atoms with Crippen LogP contribution in [0.1, 0.15) is 22.6 Å². The number of ether oxygens (including phenoxy) is 1. The van der Waals surface area contributed by atoms with Gasteiger partial charge in [0.1, 0.15) is 5.75 Å². The van der Waals surface area contributed by atoms with E-state index in [2.05, 4.69) is 39.9 Å². The van der Waals surface area contributed by atoms with Crippen molar-refractivity contribution in [2.24, 2.45) is 0 Å². The van der Waals surface area contributed by atoms with E-state index in [1.54, 1.807) is 7.11 Å². The molecule has 0 saturated heterocycles. The van der Waals surface area contributed by atoms with Crippen LogP contribution in [0.5, 0.6) is 5.75 Å². The van der Waals surface area contributed by atoms with Gasteiger partial charge < -0.3 is 20.4 Å². The van der Waals surface area contributed by atoms with Crippen LogP contribution in [0.3, 0.4) is 0 Å². The van der Waals surface area contributed by atoms with E-state index in [1.807, 2.05) is 61.7 Å². The number of methoxy groups -OCH3 is 1. The second-order valence-electron chi connectivity index (χ2n) is 7.29. The molecule has 0 aliphatic carbocycles. The van der Waals surface area contributed by atoms with Gasteiger partial charge in [-0.25, -0.2) is 4.79 Å². The minimum atomic E-state index is -0.264. The number of fused-ring (bicyclic) bond motifs is 1. The molecule has 3 aromatic carbocycles. The van der Waals surface area contributed by atoms with Crippen molar-refractivity contribution in [3.05, 3.63) is 95.7 Å². The Labute approximate surface area is 176 Å². The molecule has 0 aliphatic rings. The molecule has 5 nitrogen and oxygen atoms in total. The topological polar surface area (TPSA) is 66.2 Å². The van der Waals surface area contributed by atoms with Gasteiger partial charge in [0.2, 0.25) is 0 Å². The SMILES string of the molecule is COc1ccc(C)cc1NC(=O)NC[C@@H](c1ccccc1)c1c[nH]c2ccccc12. The first-order valence-corrected chi connectivity index (χ1v) is 9.96. The van der Waals surface area contributed by atoms with Gasteiger partial charge in [-0.2, -0.15) is 0 Å². The Morgan fingerprint density at radius 2 is 1.80 bits per heavy atom. The van der Waals surface area contributed by atoms with E-state index < -0.39 is 0 Å². The summed E-state index contributed by atoms with van der Waals surface area (Å²) in [5.41, 5.74) is 5.09. The van der Waals surface area contributed by atoms with Crippen molar-refractivity contribution in [2.75, 3.05) is 19.0 Å². The van der Waals surface area contributed by atoms with Gasteiger partial charge in [-0.1, -0.05) is 54.6 Å². The highest BCUT2D eigenvalue weighted by Crippen LogP contribution is 2.30. The second kappa shape index (κ2) is 8.74. The fraction of sp³-hybridized carbons (Fsp3) is 0.160. The number of urea groups is 1. The highest BCUT2D eigenvalue weighted by Gasteiger charge is 2.19. The normalized spacial score (nSPS) is 11.8. The third-order valence-corrected chi connectivity index (χ3v) is 5.27. The number of para-hydroxylation sites is 1. The lowest BCUT2D eigenvalue weighted by Gasteiger charge is -2.19. The van der Waals surface area contributed by atoms with Crippen molar-refractivity contribution in [1.29, 1.82) is 0 Å². The number of rotatable bonds is 6. The van der Waals surface area contributed by atoms with Gasteiger partial charge >= 0.3 is 6.03 Å². The first-order valence-electron chi connectivity index (χ1n) is 9.96. The molecule has 0 spiro atoms. The van der Waals surface area contributed by atoms with Crippen molar-refractivity contribution in [1.82, 2.24) is 10.3 Å². The van der Waals surface area contributed by atoms with E-state index in [9.17, 15) is 4.79 Å². The first-order chi connectivity index (χ1) is 14.7. The Kier molecular flexibility index (Phi) is 5.70. The third kappa shape index (κ3) is 4.15. The molecule has 0 fully saturated rings. The van der Waals surface area contributed by atoms with Crippen LogP contribution in [0.4, 0.5) is 10.5 Å². The molecule has 152 valence electrons. The Balaban J connectivity index is 1.56. The number of benzene rings is 3. The Morgan fingerprint density at radius 3 is 2.60 bits per heavy atom. The predicted octanol–water partition coefficient (Wildman–Crippen LogP) is 5.44. The van der Waals surface area contributed by atoms with Crippen LogP contribution in [0.25, 0.3) is 10.9 Å². The summed E-state index contributed by atoms with van der Waals surface area (Å²) in [5.74, 6) is 0.652. The van der Waals surface area contributed by atoms with E-state index in [0.29, 0.717) is 18.0 Å². The number of carbonyl (C=O) groups excluding carboxylic acids is 1. The van der Waals surface area contributed by atoms with Crippen LogP contribution < -0.4 is 15.4 Å². The number of hydrogen-bond acceptors (Lipinski definition) is 2. The number of anilines is 1. The lowest BCUT2D eigenvalue weighted by atomic mass is 9.91. The van der Waals surface area contributed by atoms with Crippen molar-refractivity contribution in [2.45, 2.75) is 12.8 Å². The van der Waals surface area contributed by atoms with Crippen LogP contribution in [-0.2, 0) is 0 Å². The number of aryl methyl sites for hydroxylation is 1. The Morgan fingerprint density at radius 1 is 1.03 bits per heavy atom. The maximum absolute atomic E-state index is 12.7. The van der Waals surface area contributed by atoms with Crippen molar-refractivity contribution in [3.63, 3.8) is 0 Å². The standard InChI is InChI=1S/C25H25N3O2/c1-17-12-13-24(30-2)23(14-17)28-25(29)27-15-20(18-8-4-3-5-9-18)21-16-26-22-11-7-6-10-19(21)22/h3-14,16,20,26H,15H2,1-2H3,(H2,27,28,29)/t20-/m0/s1. The van der Waals surface area contributed by atoms with Gasteiger partial charge in [-0.3, -0.25) is 0 Å². The predicted molar refractivity (Wildman–Crippen MR) is 121 cm³/mol. The van der Waals surface area contributed by atoms with Crippen LogP contribution in [0.15, 0.2) is 79.0 Å². The van der Waals surface area contributed by atoms with Gasteiger partial charge in [-0.05, 0) is 41.8 Å². The maximum atomic E-state index is 12.7. The molecule has 4 rings (SSSR count). The highest BCUT2D eigenvalue weighted by atomic mass is 16.5. The van der Waals surface area contributed by atoms with E-state index in [4.69, 9.17) is 4.74 Å². The zero-order valence-corrected chi connectivity index (χ0v) is 17.1. The number of aromatic amines is 1. The van der Waals surface area contributed by atoms with Gasteiger partial charge in [0.05, 0.1) is 12.8 Å². The molecule has 3 N–H and O–H groups in total. The Bertz CT molecular complexity index is 1150. The third-order valence-electron chi connectivity index (χ3n) is 5.27. The Hall–Kier alpha value is -3.73. The van der Waals surface area contributed by atoms with E-state index in [0.717, 1.165) is 27.6 Å². The molecule has 4 aromatic rings. The van der Waals surface area contributed by atoms with E-state index in [1.165, 1.54) is 0 Å². The summed E-state index contributed by atoms with van der Waals surface area (Å²) in [5, 5.41) is 7.10. The number of aromatic nitrogens is 1. The molecular formula is C25H25N3O2. The summed E-state index contributed by atoms with van der Waals surface area (Å²) in [6, 6.07) is 23.9. The average Bonchev–Trinajstić information content (AvgIpc) is 3.19. The van der Waals surface area contributed by atoms with Crippen LogP contribution in [0.2, 0.25) is 0 Å². The summed E-state index contributed by atoms with van der Waals surface area (Å²) in [6.45, 7) is 2.44. The molecule has 0 saturated carbocycles. The van der Waals surface area contributed by atoms with Crippen molar-refractivity contribution in [3.8, 4) is 5.75 Å². The molecule has 5 heteroatoms. The fourth-order valence-electron chi connectivity index (χ4n) is 3.76. The fourth-order valence-corrected chi connectivity index (χ4v) is 3.76. The molecule has 0 bridgehead atoms. The molecular weight excluding hydrogens is 374 g/mol. The monoisotopic (exact) mass is 399 g/mol. The molecule has 1 aromatic heterocycles. The minimum absolute atomic E-state index is 0.0208. The molecule has 0 unspecified atom stereocenters. The summed E-state index contributed by atoms with van der Waals surface area (Å²) in [4.78, 5) is 16.0. The largest absolute Gasteiger partial charge is 0.495 e. The number of carbonyl (C=O) groups is 1. The van der Waals surface area contributed by atoms with E-state index in [-0.39, 0.29) is 11.9 Å². The van der Waals surface area contributed by atoms with Crippen molar-refractivity contribution < 1.29 is 9.53 Å². The number of nitrogens with one attached hydrogen (secondary N) is 3. The van der Waals surface area contributed by atoms with E-state index >= 15 is 0 Å². The number of H-pyrrole nitrogens is 1. The average molecular weight is 399 g/mol. The van der Waals surface area contributed by atoms with Crippen LogP contribution in [-0.4, -0.2) is 24.7 Å². The number of amides is 2. The molecule has 1 heterocycles. The minimum Gasteiger partial charge on any atom is -0.495 e. The van der Waals surface area contributed by atoms with Gasteiger partial charge in [-0.15, -0.1) is 0 Å². The summed E-state index contributed by atoms with van der Waals surface area (Å²) >= 11 is 0. The van der Waals surface area contributed by atoms with Crippen molar-refractivity contribution >= 4 is 22.6 Å². The molecule has 0 radical (unpaired) electrons. The lowest BCUT2D eigenvalue weighted by Crippen LogP contribution is -2.32. The summed E-state index contributed by atoms with van der Waals surface area (Å²) in [6.07, 6.45) is 2.03.